The molecule has 0 radical (unpaired) electrons. The first-order valence-electron chi connectivity index (χ1n) is 6.88. The zero-order chi connectivity index (χ0) is 16.4. The van der Waals surface area contributed by atoms with Gasteiger partial charge in [0.2, 0.25) is 0 Å². The molecule has 5 nitrogen and oxygen atoms in total. The fourth-order valence-electron chi connectivity index (χ4n) is 2.30. The van der Waals surface area contributed by atoms with Gasteiger partial charge in [0.25, 0.3) is 5.91 Å². The number of hydrogen-bond donors (Lipinski definition) is 1. The van der Waals surface area contributed by atoms with Crippen LogP contribution in [0.3, 0.4) is 0 Å². The molecule has 1 N–H and O–H groups in total. The number of Topliss-reactive ketones (excluding diaryl/α,β-unsaturated/α-hetero) is 1. The first kappa shape index (κ1) is 15.7. The minimum atomic E-state index is -0.938. The Morgan fingerprint density at radius 1 is 1.35 bits per heavy atom. The molecule has 2 heterocycles. The van der Waals surface area contributed by atoms with Crippen LogP contribution < -0.4 is 5.32 Å². The SMILES string of the molecule is O=C(CNC(=O)[C@@H]1Cc2ccc(Cl)cc2C(=O)O1)c1cccs1. The van der Waals surface area contributed by atoms with Gasteiger partial charge in [-0.15, -0.1) is 11.3 Å². The van der Waals surface area contributed by atoms with Gasteiger partial charge in [0, 0.05) is 11.4 Å². The third kappa shape index (κ3) is 3.43. The number of ether oxygens (including phenoxy) is 1. The number of cyclic esters (lactones) is 1. The second-order valence-corrected chi connectivity index (χ2v) is 6.40. The van der Waals surface area contributed by atoms with E-state index in [1.165, 1.54) is 17.4 Å². The number of benzene rings is 1. The van der Waals surface area contributed by atoms with Crippen molar-refractivity contribution in [3.8, 4) is 0 Å². The Kier molecular flexibility index (Phi) is 4.45. The van der Waals surface area contributed by atoms with E-state index in [1.54, 1.807) is 29.6 Å². The maximum absolute atomic E-state index is 12.1. The van der Waals surface area contributed by atoms with E-state index in [2.05, 4.69) is 5.32 Å². The standard InChI is InChI=1S/C16H12ClNO4S/c17-10-4-3-9-6-13(22-16(21)11(9)7-10)15(20)18-8-12(19)14-2-1-5-23-14/h1-5,7,13H,6,8H2,(H,18,20)/t13-/m0/s1. The third-order valence-electron chi connectivity index (χ3n) is 3.46. The van der Waals surface area contributed by atoms with E-state index in [0.717, 1.165) is 0 Å². The Hall–Kier alpha value is -2.18. The summed E-state index contributed by atoms with van der Waals surface area (Å²) in [5.41, 5.74) is 1.08. The predicted molar refractivity (Wildman–Crippen MR) is 86.0 cm³/mol. The number of amides is 1. The molecule has 23 heavy (non-hydrogen) atoms. The monoisotopic (exact) mass is 349 g/mol. The van der Waals surface area contributed by atoms with Crippen LogP contribution in [0.25, 0.3) is 0 Å². The van der Waals surface area contributed by atoms with Gasteiger partial charge in [0.05, 0.1) is 17.0 Å². The summed E-state index contributed by atoms with van der Waals surface area (Å²) in [6.45, 7) is -0.124. The van der Waals surface area contributed by atoms with Crippen LogP contribution in [0.4, 0.5) is 0 Å². The number of esters is 1. The highest BCUT2D eigenvalue weighted by molar-refractivity contribution is 7.12. The van der Waals surface area contributed by atoms with Crippen molar-refractivity contribution in [2.75, 3.05) is 6.54 Å². The van der Waals surface area contributed by atoms with Gasteiger partial charge in [-0.3, -0.25) is 9.59 Å². The largest absolute Gasteiger partial charge is 0.448 e. The van der Waals surface area contributed by atoms with Crippen molar-refractivity contribution in [3.63, 3.8) is 0 Å². The van der Waals surface area contributed by atoms with Crippen molar-refractivity contribution in [1.82, 2.24) is 5.32 Å². The molecule has 0 saturated carbocycles. The quantitative estimate of drug-likeness (QED) is 0.680. The minimum Gasteiger partial charge on any atom is -0.448 e. The molecule has 0 unspecified atom stereocenters. The van der Waals surface area contributed by atoms with Gasteiger partial charge in [0.1, 0.15) is 0 Å². The first-order valence-corrected chi connectivity index (χ1v) is 8.14. The minimum absolute atomic E-state index is 0.124. The average Bonchev–Trinajstić information content (AvgIpc) is 3.07. The van der Waals surface area contributed by atoms with Crippen molar-refractivity contribution in [2.45, 2.75) is 12.5 Å². The fourth-order valence-corrected chi connectivity index (χ4v) is 3.14. The van der Waals surface area contributed by atoms with Crippen LogP contribution in [-0.2, 0) is 16.0 Å². The van der Waals surface area contributed by atoms with Crippen LogP contribution in [0.15, 0.2) is 35.7 Å². The van der Waals surface area contributed by atoms with Crippen LogP contribution in [-0.4, -0.2) is 30.3 Å². The van der Waals surface area contributed by atoms with Crippen LogP contribution in [0.2, 0.25) is 5.02 Å². The van der Waals surface area contributed by atoms with Gasteiger partial charge in [-0.25, -0.2) is 4.79 Å². The van der Waals surface area contributed by atoms with Crippen molar-refractivity contribution in [3.05, 3.63) is 56.7 Å². The number of nitrogens with one attached hydrogen (secondary N) is 1. The van der Waals surface area contributed by atoms with Gasteiger partial charge in [0.15, 0.2) is 11.9 Å². The van der Waals surface area contributed by atoms with E-state index < -0.39 is 18.0 Å². The molecule has 1 aliphatic rings. The van der Waals surface area contributed by atoms with E-state index in [0.29, 0.717) is 21.0 Å². The smallest absolute Gasteiger partial charge is 0.339 e. The molecule has 3 rings (SSSR count). The first-order chi connectivity index (χ1) is 11.0. The Balaban J connectivity index is 1.64. The van der Waals surface area contributed by atoms with Crippen molar-refractivity contribution in [1.29, 1.82) is 0 Å². The molecule has 118 valence electrons. The number of carbonyl (C=O) groups is 3. The summed E-state index contributed by atoms with van der Waals surface area (Å²) in [6, 6.07) is 8.35. The lowest BCUT2D eigenvalue weighted by Gasteiger charge is -2.23. The molecule has 2 aromatic rings. The molecule has 1 atom stereocenters. The van der Waals surface area contributed by atoms with E-state index >= 15 is 0 Å². The lowest BCUT2D eigenvalue weighted by molar-refractivity contribution is -0.130. The summed E-state index contributed by atoms with van der Waals surface area (Å²) in [5, 5.41) is 4.75. The highest BCUT2D eigenvalue weighted by Gasteiger charge is 2.31. The lowest BCUT2D eigenvalue weighted by Crippen LogP contribution is -2.43. The van der Waals surface area contributed by atoms with Gasteiger partial charge in [-0.2, -0.15) is 0 Å². The van der Waals surface area contributed by atoms with Crippen molar-refractivity contribution in [2.24, 2.45) is 0 Å². The van der Waals surface area contributed by atoms with Gasteiger partial charge >= 0.3 is 5.97 Å². The summed E-state index contributed by atoms with van der Waals surface area (Å²) in [6.07, 6.45) is -0.676. The molecule has 1 amide bonds. The summed E-state index contributed by atoms with van der Waals surface area (Å²) < 4.78 is 5.13. The van der Waals surface area contributed by atoms with Gasteiger partial charge in [-0.1, -0.05) is 23.7 Å². The summed E-state index contributed by atoms with van der Waals surface area (Å²) in [4.78, 5) is 36.5. The highest BCUT2D eigenvalue weighted by Crippen LogP contribution is 2.24. The molecule has 0 fully saturated rings. The van der Waals surface area contributed by atoms with Crippen LogP contribution in [0, 0.1) is 0 Å². The fraction of sp³-hybridized carbons (Fsp3) is 0.188. The number of fused-ring (bicyclic) bond motifs is 1. The number of carbonyl (C=O) groups excluding carboxylic acids is 3. The van der Waals surface area contributed by atoms with E-state index in [4.69, 9.17) is 16.3 Å². The topological polar surface area (TPSA) is 72.5 Å². The Morgan fingerprint density at radius 2 is 2.17 bits per heavy atom. The predicted octanol–water partition coefficient (Wildman–Crippen LogP) is 2.48. The van der Waals surface area contributed by atoms with Crippen LogP contribution in [0.1, 0.15) is 25.6 Å². The highest BCUT2D eigenvalue weighted by atomic mass is 35.5. The second kappa shape index (κ2) is 6.52. The summed E-state index contributed by atoms with van der Waals surface area (Å²) in [7, 11) is 0. The Bertz CT molecular complexity index is 772. The summed E-state index contributed by atoms with van der Waals surface area (Å²) >= 11 is 7.16. The molecular weight excluding hydrogens is 338 g/mol. The van der Waals surface area contributed by atoms with Crippen molar-refractivity contribution < 1.29 is 19.1 Å². The zero-order valence-corrected chi connectivity index (χ0v) is 13.4. The second-order valence-electron chi connectivity index (χ2n) is 5.02. The third-order valence-corrected chi connectivity index (χ3v) is 4.60. The van der Waals surface area contributed by atoms with E-state index in [9.17, 15) is 14.4 Å². The molecule has 0 aliphatic carbocycles. The van der Waals surface area contributed by atoms with E-state index in [1.807, 2.05) is 0 Å². The van der Waals surface area contributed by atoms with E-state index in [-0.39, 0.29) is 18.7 Å². The van der Waals surface area contributed by atoms with Gasteiger partial charge in [-0.05, 0) is 29.1 Å². The lowest BCUT2D eigenvalue weighted by atomic mass is 9.98. The molecular formula is C16H12ClNO4S. The molecule has 1 aromatic heterocycles. The molecule has 0 spiro atoms. The summed E-state index contributed by atoms with van der Waals surface area (Å²) in [5.74, 6) is -1.25. The average molecular weight is 350 g/mol. The number of hydrogen-bond acceptors (Lipinski definition) is 5. The Morgan fingerprint density at radius 3 is 2.91 bits per heavy atom. The maximum atomic E-state index is 12.1. The Labute approximate surface area is 141 Å². The zero-order valence-electron chi connectivity index (χ0n) is 11.9. The maximum Gasteiger partial charge on any atom is 0.339 e. The number of thiophene rings is 1. The molecule has 0 saturated heterocycles. The number of ketones is 1. The van der Waals surface area contributed by atoms with Crippen molar-refractivity contribution >= 4 is 40.6 Å². The van der Waals surface area contributed by atoms with Gasteiger partial charge < -0.3 is 10.1 Å². The van der Waals surface area contributed by atoms with Crippen LogP contribution >= 0.6 is 22.9 Å². The normalized spacial score (nSPS) is 16.4. The molecule has 1 aliphatic heterocycles. The number of halogens is 1. The molecule has 7 heteroatoms. The number of rotatable bonds is 4. The molecule has 0 bridgehead atoms. The van der Waals surface area contributed by atoms with Crippen LogP contribution in [0.5, 0.6) is 0 Å². The molecule has 1 aromatic carbocycles.